The Labute approximate surface area is 96.5 Å². The Morgan fingerprint density at radius 3 is 2.69 bits per heavy atom. The van der Waals surface area contributed by atoms with Crippen LogP contribution in [-0.2, 0) is 14.8 Å². The second-order valence-corrected chi connectivity index (χ2v) is 6.12. The van der Waals surface area contributed by atoms with Crippen molar-refractivity contribution < 1.29 is 13.2 Å². The van der Waals surface area contributed by atoms with E-state index >= 15 is 0 Å². The summed E-state index contributed by atoms with van der Waals surface area (Å²) in [6, 6.07) is 0. The van der Waals surface area contributed by atoms with E-state index in [0.717, 1.165) is 11.5 Å². The molecule has 2 heterocycles. The Bertz CT molecular complexity index is 523. The van der Waals surface area contributed by atoms with Gasteiger partial charge in [0.1, 0.15) is 11.1 Å². The highest BCUT2D eigenvalue weighted by Crippen LogP contribution is 2.25. The number of nitrogens with two attached hydrogens (primary N) is 1. The van der Waals surface area contributed by atoms with Crippen molar-refractivity contribution in [1.82, 2.24) is 9.36 Å². The van der Waals surface area contributed by atoms with E-state index in [1.54, 1.807) is 6.92 Å². The van der Waals surface area contributed by atoms with Crippen molar-refractivity contribution in [1.29, 1.82) is 0 Å². The molecule has 0 saturated carbocycles. The van der Waals surface area contributed by atoms with Crippen LogP contribution < -0.4 is 10.0 Å². The average Bonchev–Trinajstić information content (AvgIpc) is 2.70. The molecule has 0 aromatic carbocycles. The lowest BCUT2D eigenvalue weighted by Crippen LogP contribution is -2.32. The number of rotatable bonds is 2. The number of anilines is 1. The molecule has 88 valence electrons. The van der Waals surface area contributed by atoms with Crippen LogP contribution in [0.15, 0.2) is 0 Å². The maximum atomic E-state index is 11.6. The summed E-state index contributed by atoms with van der Waals surface area (Å²) in [5, 5.41) is 4.59. The molecule has 1 saturated heterocycles. The first-order chi connectivity index (χ1) is 7.38. The van der Waals surface area contributed by atoms with Crippen molar-refractivity contribution in [3.63, 3.8) is 0 Å². The highest BCUT2D eigenvalue weighted by Gasteiger charge is 2.38. The first kappa shape index (κ1) is 11.4. The quantitative estimate of drug-likeness (QED) is 0.754. The molecule has 0 spiro atoms. The predicted octanol–water partition coefficient (Wildman–Crippen LogP) is -0.760. The lowest BCUT2D eigenvalue weighted by Gasteiger charge is -2.10. The van der Waals surface area contributed by atoms with Crippen LogP contribution in [0.2, 0.25) is 0 Å². The number of nitrogens with zero attached hydrogens (tertiary/aromatic N) is 3. The van der Waals surface area contributed by atoms with E-state index in [0.29, 0.717) is 11.0 Å². The molecule has 1 aromatic rings. The summed E-state index contributed by atoms with van der Waals surface area (Å²) in [5.41, 5.74) is 0. The van der Waals surface area contributed by atoms with Gasteiger partial charge in [-0.05, 0) is 6.92 Å². The zero-order chi connectivity index (χ0) is 11.9. The second kappa shape index (κ2) is 3.75. The molecule has 1 aliphatic heterocycles. The Balaban J connectivity index is 2.24. The Morgan fingerprint density at radius 2 is 2.25 bits per heavy atom. The molecular weight excluding hydrogens is 252 g/mol. The molecule has 1 fully saturated rings. The van der Waals surface area contributed by atoms with Crippen LogP contribution in [0.5, 0.6) is 0 Å². The zero-order valence-corrected chi connectivity index (χ0v) is 10.1. The van der Waals surface area contributed by atoms with E-state index in [1.807, 2.05) is 0 Å². The SMILES string of the molecule is Cc1nsc(N2CC(S(N)(=O)=O)CC2=O)n1. The third kappa shape index (κ3) is 2.06. The van der Waals surface area contributed by atoms with Gasteiger partial charge in [-0.15, -0.1) is 0 Å². The van der Waals surface area contributed by atoms with Gasteiger partial charge in [-0.1, -0.05) is 0 Å². The molecule has 1 amide bonds. The van der Waals surface area contributed by atoms with Gasteiger partial charge in [0, 0.05) is 24.5 Å². The van der Waals surface area contributed by atoms with Crippen molar-refractivity contribution in [2.24, 2.45) is 5.14 Å². The van der Waals surface area contributed by atoms with Crippen LogP contribution in [0.4, 0.5) is 5.13 Å². The van der Waals surface area contributed by atoms with Gasteiger partial charge in [-0.3, -0.25) is 9.69 Å². The molecular formula is C7H10N4O3S2. The van der Waals surface area contributed by atoms with E-state index in [4.69, 9.17) is 5.14 Å². The van der Waals surface area contributed by atoms with Gasteiger partial charge >= 0.3 is 0 Å². The van der Waals surface area contributed by atoms with Crippen molar-refractivity contribution in [3.05, 3.63) is 5.82 Å². The van der Waals surface area contributed by atoms with Gasteiger partial charge < -0.3 is 0 Å². The summed E-state index contributed by atoms with van der Waals surface area (Å²) in [4.78, 5) is 16.9. The van der Waals surface area contributed by atoms with Crippen LogP contribution >= 0.6 is 11.5 Å². The van der Waals surface area contributed by atoms with E-state index in [1.165, 1.54) is 4.90 Å². The fourth-order valence-electron chi connectivity index (χ4n) is 1.48. The standard InChI is InChI=1S/C7H10N4O3S2/c1-4-9-7(15-10-4)11-3-5(2-6(11)12)16(8,13)14/h5H,2-3H2,1H3,(H2,8,13,14). The minimum atomic E-state index is -3.68. The summed E-state index contributed by atoms with van der Waals surface area (Å²) >= 11 is 1.07. The topological polar surface area (TPSA) is 106 Å². The number of sulfonamides is 1. The van der Waals surface area contributed by atoms with Gasteiger partial charge in [0.2, 0.25) is 21.1 Å². The molecule has 2 N–H and O–H groups in total. The van der Waals surface area contributed by atoms with Crippen LogP contribution in [0.3, 0.4) is 0 Å². The lowest BCUT2D eigenvalue weighted by atomic mass is 10.4. The number of carbonyl (C=O) groups is 1. The molecule has 2 rings (SSSR count). The number of hydrogen-bond donors (Lipinski definition) is 1. The number of aryl methyl sites for hydroxylation is 1. The largest absolute Gasteiger partial charge is 0.285 e. The molecule has 1 aromatic heterocycles. The number of hydrogen-bond acceptors (Lipinski definition) is 6. The fraction of sp³-hybridized carbons (Fsp3) is 0.571. The third-order valence-corrected chi connectivity index (χ3v) is 4.38. The third-order valence-electron chi connectivity index (χ3n) is 2.30. The molecule has 7 nitrogen and oxygen atoms in total. The first-order valence-corrected chi connectivity index (χ1v) is 6.88. The summed E-state index contributed by atoms with van der Waals surface area (Å²) in [6.45, 7) is 1.77. The van der Waals surface area contributed by atoms with Crippen LogP contribution in [0.25, 0.3) is 0 Å². The first-order valence-electron chi connectivity index (χ1n) is 4.50. The molecule has 1 aliphatic rings. The van der Waals surface area contributed by atoms with Crippen molar-refractivity contribution >= 4 is 32.6 Å². The van der Waals surface area contributed by atoms with Gasteiger partial charge in [-0.25, -0.2) is 18.5 Å². The Morgan fingerprint density at radius 1 is 1.56 bits per heavy atom. The molecule has 0 aliphatic carbocycles. The number of carbonyl (C=O) groups excluding carboxylic acids is 1. The van der Waals surface area contributed by atoms with E-state index in [-0.39, 0.29) is 18.9 Å². The minimum Gasteiger partial charge on any atom is -0.285 e. The molecule has 9 heteroatoms. The van der Waals surface area contributed by atoms with E-state index < -0.39 is 15.3 Å². The van der Waals surface area contributed by atoms with Crippen molar-refractivity contribution in [2.75, 3.05) is 11.4 Å². The average molecular weight is 262 g/mol. The summed E-state index contributed by atoms with van der Waals surface area (Å²) < 4.78 is 26.2. The second-order valence-electron chi connectivity index (χ2n) is 3.54. The van der Waals surface area contributed by atoms with Crippen molar-refractivity contribution in [3.8, 4) is 0 Å². The molecule has 16 heavy (non-hydrogen) atoms. The molecule has 1 atom stereocenters. The smallest absolute Gasteiger partial charge is 0.230 e. The Hall–Kier alpha value is -1.06. The van der Waals surface area contributed by atoms with Crippen LogP contribution in [0.1, 0.15) is 12.2 Å². The zero-order valence-electron chi connectivity index (χ0n) is 8.45. The van der Waals surface area contributed by atoms with Gasteiger partial charge in [0.05, 0.1) is 0 Å². The van der Waals surface area contributed by atoms with Crippen LogP contribution in [-0.4, -0.2) is 35.5 Å². The van der Waals surface area contributed by atoms with Gasteiger partial charge in [0.25, 0.3) is 0 Å². The van der Waals surface area contributed by atoms with Crippen LogP contribution in [0, 0.1) is 6.92 Å². The molecule has 0 bridgehead atoms. The maximum Gasteiger partial charge on any atom is 0.230 e. The summed E-state index contributed by atoms with van der Waals surface area (Å²) in [7, 11) is -3.68. The lowest BCUT2D eigenvalue weighted by molar-refractivity contribution is -0.117. The maximum absolute atomic E-state index is 11.6. The highest BCUT2D eigenvalue weighted by atomic mass is 32.2. The Kier molecular flexibility index (Phi) is 2.68. The molecule has 0 radical (unpaired) electrons. The van der Waals surface area contributed by atoms with Crippen molar-refractivity contribution in [2.45, 2.75) is 18.6 Å². The normalized spacial score (nSPS) is 21.8. The number of aromatic nitrogens is 2. The van der Waals surface area contributed by atoms with E-state index in [9.17, 15) is 13.2 Å². The number of amides is 1. The van der Waals surface area contributed by atoms with Gasteiger partial charge in [0.15, 0.2) is 0 Å². The predicted molar refractivity (Wildman–Crippen MR) is 58.5 cm³/mol. The van der Waals surface area contributed by atoms with Gasteiger partial charge in [-0.2, -0.15) is 4.37 Å². The molecule has 1 unspecified atom stereocenters. The monoisotopic (exact) mass is 262 g/mol. The summed E-state index contributed by atoms with van der Waals surface area (Å²) in [5.74, 6) is 0.280. The van der Waals surface area contributed by atoms with E-state index in [2.05, 4.69) is 9.36 Å². The number of primary sulfonamides is 1. The summed E-state index contributed by atoms with van der Waals surface area (Å²) in [6.07, 6.45) is -0.0859. The fourth-order valence-corrected chi connectivity index (χ4v) is 2.91. The highest BCUT2D eigenvalue weighted by molar-refractivity contribution is 7.89. The minimum absolute atomic E-state index is 0.0618.